The molecule has 0 aliphatic heterocycles. The molecular formula is C29H31NO5. The van der Waals surface area contributed by atoms with Crippen LogP contribution >= 0.6 is 0 Å². The van der Waals surface area contributed by atoms with Crippen molar-refractivity contribution in [2.45, 2.75) is 32.1 Å². The van der Waals surface area contributed by atoms with E-state index < -0.39 is 11.4 Å². The molecule has 0 bridgehead atoms. The topological polar surface area (TPSA) is 92.7 Å². The second-order valence-electron chi connectivity index (χ2n) is 8.29. The molecule has 3 aromatic carbocycles. The van der Waals surface area contributed by atoms with E-state index in [9.17, 15) is 19.5 Å². The third kappa shape index (κ3) is 6.03. The number of amides is 1. The van der Waals surface area contributed by atoms with Gasteiger partial charge in [0.1, 0.15) is 0 Å². The Bertz CT molecular complexity index is 1160. The normalized spacial score (nSPS) is 12.5. The molecule has 0 aromatic heterocycles. The summed E-state index contributed by atoms with van der Waals surface area (Å²) >= 11 is 0. The molecule has 0 aliphatic rings. The summed E-state index contributed by atoms with van der Waals surface area (Å²) < 4.78 is 5.30. The zero-order valence-corrected chi connectivity index (χ0v) is 20.1. The molecule has 3 aromatic rings. The number of carbonyl (C=O) groups excluding carboxylic acids is 2. The Morgan fingerprint density at radius 3 is 2.17 bits per heavy atom. The maximum atomic E-state index is 13.4. The lowest BCUT2D eigenvalue weighted by Crippen LogP contribution is -2.37. The molecule has 0 saturated carbocycles. The Morgan fingerprint density at radius 2 is 1.57 bits per heavy atom. The third-order valence-electron chi connectivity index (χ3n) is 6.21. The average molecular weight is 474 g/mol. The molecule has 0 radical (unpaired) electrons. The van der Waals surface area contributed by atoms with Crippen molar-refractivity contribution in [1.82, 2.24) is 5.32 Å². The Labute approximate surface area is 206 Å². The number of Topliss-reactive ketones (excluding diaryl/α,β-unsaturated/α-hetero) is 1. The van der Waals surface area contributed by atoms with Crippen LogP contribution in [0.2, 0.25) is 0 Å². The number of ether oxygens (including phenoxy) is 1. The highest BCUT2D eigenvalue weighted by molar-refractivity contribution is 6.06. The molecule has 6 nitrogen and oxygen atoms in total. The lowest BCUT2D eigenvalue weighted by atomic mass is 9.73. The van der Waals surface area contributed by atoms with Gasteiger partial charge in [-0.2, -0.15) is 0 Å². The minimum Gasteiger partial charge on any atom is -0.481 e. The van der Waals surface area contributed by atoms with Crippen LogP contribution in [0.3, 0.4) is 0 Å². The summed E-state index contributed by atoms with van der Waals surface area (Å²) in [4.78, 5) is 38.9. The number of benzene rings is 3. The minimum absolute atomic E-state index is 0.209. The molecule has 35 heavy (non-hydrogen) atoms. The molecule has 2 N–H and O–H groups in total. The van der Waals surface area contributed by atoms with Gasteiger partial charge in [-0.05, 0) is 36.1 Å². The predicted octanol–water partition coefficient (Wildman–Crippen LogP) is 5.13. The highest BCUT2D eigenvalue weighted by Gasteiger charge is 2.41. The minimum atomic E-state index is -1.35. The van der Waals surface area contributed by atoms with Crippen LogP contribution in [0.1, 0.15) is 53.0 Å². The molecule has 0 spiro atoms. The largest absolute Gasteiger partial charge is 0.481 e. The van der Waals surface area contributed by atoms with Gasteiger partial charge >= 0.3 is 5.97 Å². The van der Waals surface area contributed by atoms with Crippen LogP contribution in [-0.2, 0) is 14.9 Å². The van der Waals surface area contributed by atoms with Crippen LogP contribution in [0.5, 0.6) is 0 Å². The van der Waals surface area contributed by atoms with Gasteiger partial charge in [-0.25, -0.2) is 0 Å². The average Bonchev–Trinajstić information content (AvgIpc) is 2.90. The van der Waals surface area contributed by atoms with Crippen molar-refractivity contribution in [2.24, 2.45) is 0 Å². The first-order valence-electron chi connectivity index (χ1n) is 11.8. The van der Waals surface area contributed by atoms with Gasteiger partial charge in [0.05, 0.1) is 12.0 Å². The Balaban J connectivity index is 1.97. The van der Waals surface area contributed by atoms with E-state index in [1.165, 1.54) is 0 Å². The van der Waals surface area contributed by atoms with E-state index in [1.807, 2.05) is 43.3 Å². The standard InChI is InChI=1S/C29H31NO5/c1-3-29(28(33)34,23-13-9-6-10-14-23)20-26(31)22-15-16-24(21-11-7-5-8-12-21)25(19-22)27(32)30-17-18-35-4-2/h5-16,19H,3-4,17-18,20H2,1-2H3,(H,30,32)(H,33,34). The Hall–Kier alpha value is -3.77. The summed E-state index contributed by atoms with van der Waals surface area (Å²) in [5.74, 6) is -1.70. The second-order valence-corrected chi connectivity index (χ2v) is 8.29. The molecule has 1 atom stereocenters. The lowest BCUT2D eigenvalue weighted by Gasteiger charge is -2.28. The summed E-state index contributed by atoms with van der Waals surface area (Å²) in [5.41, 5.74) is 1.43. The fourth-order valence-electron chi connectivity index (χ4n) is 4.17. The Kier molecular flexibility index (Phi) is 8.92. The first-order valence-corrected chi connectivity index (χ1v) is 11.8. The zero-order chi connectivity index (χ0) is 25.3. The molecule has 182 valence electrons. The summed E-state index contributed by atoms with van der Waals surface area (Å²) in [6.45, 7) is 4.93. The molecule has 1 unspecified atom stereocenters. The van der Waals surface area contributed by atoms with E-state index in [2.05, 4.69) is 5.32 Å². The molecule has 0 heterocycles. The fourth-order valence-corrected chi connectivity index (χ4v) is 4.17. The number of rotatable bonds is 12. The molecule has 0 saturated heterocycles. The van der Waals surface area contributed by atoms with Crippen LogP contribution < -0.4 is 5.32 Å². The van der Waals surface area contributed by atoms with Crippen molar-refractivity contribution in [3.63, 3.8) is 0 Å². The van der Waals surface area contributed by atoms with Gasteiger partial charge in [0.15, 0.2) is 5.78 Å². The van der Waals surface area contributed by atoms with Gasteiger partial charge < -0.3 is 15.2 Å². The van der Waals surface area contributed by atoms with Gasteiger partial charge in [-0.1, -0.05) is 79.7 Å². The summed E-state index contributed by atoms with van der Waals surface area (Å²) in [6, 6.07) is 23.3. The molecule has 0 fully saturated rings. The Morgan fingerprint density at radius 1 is 0.914 bits per heavy atom. The van der Waals surface area contributed by atoms with Gasteiger partial charge in [-0.15, -0.1) is 0 Å². The van der Waals surface area contributed by atoms with Crippen LogP contribution in [0, 0.1) is 0 Å². The second kappa shape index (κ2) is 12.1. The fraction of sp³-hybridized carbons (Fsp3) is 0.276. The van der Waals surface area contributed by atoms with Crippen LogP contribution in [-0.4, -0.2) is 42.5 Å². The van der Waals surface area contributed by atoms with Crippen molar-refractivity contribution in [1.29, 1.82) is 0 Å². The summed E-state index contributed by atoms with van der Waals surface area (Å²) in [5, 5.41) is 13.0. The molecule has 3 rings (SSSR count). The smallest absolute Gasteiger partial charge is 0.314 e. The number of ketones is 1. The summed E-state index contributed by atoms with van der Waals surface area (Å²) in [6.07, 6.45) is 0.0455. The van der Waals surface area contributed by atoms with Crippen molar-refractivity contribution < 1.29 is 24.2 Å². The number of carboxylic acid groups (broad SMARTS) is 1. The maximum Gasteiger partial charge on any atom is 0.314 e. The quantitative estimate of drug-likeness (QED) is 0.281. The monoisotopic (exact) mass is 473 g/mol. The molecule has 1 amide bonds. The van der Waals surface area contributed by atoms with Crippen LogP contribution in [0.15, 0.2) is 78.9 Å². The zero-order valence-electron chi connectivity index (χ0n) is 20.1. The van der Waals surface area contributed by atoms with E-state index in [1.54, 1.807) is 49.4 Å². The number of hydrogen-bond donors (Lipinski definition) is 2. The number of carboxylic acids is 1. The van der Waals surface area contributed by atoms with Crippen molar-refractivity contribution in [3.05, 3.63) is 95.6 Å². The maximum absolute atomic E-state index is 13.4. The van der Waals surface area contributed by atoms with Crippen LogP contribution in [0.4, 0.5) is 0 Å². The molecule has 0 aliphatic carbocycles. The van der Waals surface area contributed by atoms with E-state index in [4.69, 9.17) is 4.74 Å². The van der Waals surface area contributed by atoms with Gasteiger partial charge in [0.25, 0.3) is 5.91 Å². The molecule has 6 heteroatoms. The predicted molar refractivity (Wildman–Crippen MR) is 136 cm³/mol. The van der Waals surface area contributed by atoms with Crippen molar-refractivity contribution >= 4 is 17.7 Å². The van der Waals surface area contributed by atoms with Gasteiger partial charge in [-0.3, -0.25) is 14.4 Å². The summed E-state index contributed by atoms with van der Waals surface area (Å²) in [7, 11) is 0. The first kappa shape index (κ1) is 25.8. The highest BCUT2D eigenvalue weighted by Crippen LogP contribution is 2.34. The van der Waals surface area contributed by atoms with E-state index in [-0.39, 0.29) is 24.5 Å². The SMILES string of the molecule is CCOCCNC(=O)c1cc(C(=O)CC(CC)(C(=O)O)c2ccccc2)ccc1-c1ccccc1. The van der Waals surface area contributed by atoms with E-state index in [0.717, 1.165) is 5.56 Å². The molecular weight excluding hydrogens is 442 g/mol. The third-order valence-corrected chi connectivity index (χ3v) is 6.21. The van der Waals surface area contributed by atoms with Gasteiger partial charge in [0.2, 0.25) is 0 Å². The number of carbonyl (C=O) groups is 3. The van der Waals surface area contributed by atoms with E-state index >= 15 is 0 Å². The number of hydrogen-bond acceptors (Lipinski definition) is 4. The van der Waals surface area contributed by atoms with Gasteiger partial charge in [0, 0.05) is 30.7 Å². The first-order chi connectivity index (χ1) is 16.9. The van der Waals surface area contributed by atoms with E-state index in [0.29, 0.717) is 42.0 Å². The van der Waals surface area contributed by atoms with Crippen molar-refractivity contribution in [3.8, 4) is 11.1 Å². The number of aliphatic carboxylic acids is 1. The number of nitrogens with one attached hydrogen (secondary N) is 1. The highest BCUT2D eigenvalue weighted by atomic mass is 16.5. The van der Waals surface area contributed by atoms with Crippen LogP contribution in [0.25, 0.3) is 11.1 Å². The van der Waals surface area contributed by atoms with Crippen molar-refractivity contribution in [2.75, 3.05) is 19.8 Å². The lowest BCUT2D eigenvalue weighted by molar-refractivity contribution is -0.144.